The summed E-state index contributed by atoms with van der Waals surface area (Å²) in [4.78, 5) is 2.47. The van der Waals surface area contributed by atoms with Gasteiger partial charge in [0.2, 0.25) is 0 Å². The molecular weight excluding hydrogens is 653 g/mol. The summed E-state index contributed by atoms with van der Waals surface area (Å²) in [5.74, 6) is 0. The average molecular weight is 689 g/mol. The van der Waals surface area contributed by atoms with E-state index in [2.05, 4.69) is 228 Å². The highest BCUT2D eigenvalue weighted by Crippen LogP contribution is 2.47. The van der Waals surface area contributed by atoms with Crippen molar-refractivity contribution in [3.63, 3.8) is 0 Å². The Hall–Kier alpha value is -7.16. The number of nitrogens with zero attached hydrogens (tertiary/aromatic N) is 2. The van der Waals surface area contributed by atoms with Crippen LogP contribution in [0.15, 0.2) is 218 Å². The molecule has 0 amide bonds. The molecular formula is C52H36N2. The maximum Gasteiger partial charge on any atom is 0.0562 e. The Bertz CT molecular complexity index is 2910. The van der Waals surface area contributed by atoms with Gasteiger partial charge in [0.25, 0.3) is 0 Å². The Morgan fingerprint density at radius 3 is 1.56 bits per heavy atom. The van der Waals surface area contributed by atoms with Gasteiger partial charge >= 0.3 is 0 Å². The van der Waals surface area contributed by atoms with Gasteiger partial charge in [-0.25, -0.2) is 0 Å². The van der Waals surface area contributed by atoms with E-state index in [0.717, 1.165) is 28.3 Å². The molecule has 0 atom stereocenters. The molecule has 10 aromatic rings. The largest absolute Gasteiger partial charge is 0.309 e. The maximum atomic E-state index is 2.47. The van der Waals surface area contributed by atoms with Crippen LogP contribution in [0.4, 0.5) is 17.1 Å². The minimum Gasteiger partial charge on any atom is -0.309 e. The number of aromatic nitrogens is 1. The molecule has 0 saturated heterocycles. The number of anilines is 3. The highest BCUT2D eigenvalue weighted by Gasteiger charge is 2.23. The molecule has 0 N–H and O–H groups in total. The highest BCUT2D eigenvalue weighted by molar-refractivity contribution is 6.18. The van der Waals surface area contributed by atoms with E-state index in [1.54, 1.807) is 0 Å². The first-order valence-electron chi connectivity index (χ1n) is 18.5. The van der Waals surface area contributed by atoms with Gasteiger partial charge in [0, 0.05) is 27.4 Å². The second-order valence-electron chi connectivity index (χ2n) is 13.7. The van der Waals surface area contributed by atoms with Gasteiger partial charge in [-0.1, -0.05) is 176 Å². The lowest BCUT2D eigenvalue weighted by atomic mass is 9.96. The van der Waals surface area contributed by atoms with E-state index >= 15 is 0 Å². The van der Waals surface area contributed by atoms with E-state index in [9.17, 15) is 0 Å². The number of rotatable bonds is 7. The lowest BCUT2D eigenvalue weighted by Gasteiger charge is -2.28. The second-order valence-corrected chi connectivity index (χ2v) is 13.7. The lowest BCUT2D eigenvalue weighted by Crippen LogP contribution is -2.11. The van der Waals surface area contributed by atoms with Crippen molar-refractivity contribution in [2.45, 2.75) is 0 Å². The summed E-state index contributed by atoms with van der Waals surface area (Å²) < 4.78 is 2.45. The monoisotopic (exact) mass is 688 g/mol. The van der Waals surface area contributed by atoms with Crippen LogP contribution in [0.25, 0.3) is 71.6 Å². The second kappa shape index (κ2) is 13.4. The fourth-order valence-electron chi connectivity index (χ4n) is 8.17. The summed E-state index contributed by atoms with van der Waals surface area (Å²) in [5, 5.41) is 4.83. The fourth-order valence-corrected chi connectivity index (χ4v) is 8.17. The number of para-hydroxylation sites is 2. The third-order valence-corrected chi connectivity index (χ3v) is 10.6. The molecule has 0 fully saturated rings. The summed E-state index contributed by atoms with van der Waals surface area (Å²) in [5.41, 5.74) is 14.1. The summed E-state index contributed by atoms with van der Waals surface area (Å²) in [7, 11) is 0. The molecule has 0 bridgehead atoms. The van der Waals surface area contributed by atoms with Crippen LogP contribution < -0.4 is 4.90 Å². The van der Waals surface area contributed by atoms with Crippen LogP contribution in [0.5, 0.6) is 0 Å². The zero-order valence-electron chi connectivity index (χ0n) is 29.7. The van der Waals surface area contributed by atoms with Crippen molar-refractivity contribution < 1.29 is 0 Å². The zero-order chi connectivity index (χ0) is 35.8. The number of benzene rings is 9. The average Bonchev–Trinajstić information content (AvgIpc) is 3.60. The first-order chi connectivity index (χ1) is 26.8. The molecule has 0 unspecified atom stereocenters. The molecule has 0 saturated carbocycles. The van der Waals surface area contributed by atoms with E-state index in [1.165, 1.54) is 60.4 Å². The van der Waals surface area contributed by atoms with Crippen molar-refractivity contribution in [3.05, 3.63) is 218 Å². The molecule has 9 aromatic carbocycles. The fraction of sp³-hybridized carbons (Fsp3) is 0. The Morgan fingerprint density at radius 2 is 0.833 bits per heavy atom. The molecule has 1 aromatic heterocycles. The molecule has 0 aliphatic rings. The van der Waals surface area contributed by atoms with E-state index in [0.29, 0.717) is 0 Å². The smallest absolute Gasteiger partial charge is 0.0562 e. The summed E-state index contributed by atoms with van der Waals surface area (Å²) in [6.45, 7) is 0. The topological polar surface area (TPSA) is 8.17 Å². The van der Waals surface area contributed by atoms with Gasteiger partial charge in [-0.2, -0.15) is 0 Å². The van der Waals surface area contributed by atoms with Crippen molar-refractivity contribution in [1.82, 2.24) is 4.57 Å². The molecule has 2 nitrogen and oxygen atoms in total. The van der Waals surface area contributed by atoms with E-state index in [4.69, 9.17) is 0 Å². The van der Waals surface area contributed by atoms with Crippen LogP contribution in [0.1, 0.15) is 0 Å². The van der Waals surface area contributed by atoms with Gasteiger partial charge < -0.3 is 9.47 Å². The molecule has 0 radical (unpaired) electrons. The summed E-state index contributed by atoms with van der Waals surface area (Å²) in [6, 6.07) is 78.9. The molecule has 2 heteroatoms. The summed E-state index contributed by atoms with van der Waals surface area (Å²) >= 11 is 0. The van der Waals surface area contributed by atoms with Crippen LogP contribution in [-0.4, -0.2) is 4.57 Å². The van der Waals surface area contributed by atoms with Crippen LogP contribution in [0, 0.1) is 0 Å². The van der Waals surface area contributed by atoms with E-state index in [1.807, 2.05) is 0 Å². The number of hydrogen-bond donors (Lipinski definition) is 0. The Balaban J connectivity index is 1.26. The van der Waals surface area contributed by atoms with E-state index < -0.39 is 0 Å². The van der Waals surface area contributed by atoms with Gasteiger partial charge in [-0.15, -0.1) is 0 Å². The Labute approximate surface area is 315 Å². The van der Waals surface area contributed by atoms with Gasteiger partial charge in [0.1, 0.15) is 0 Å². The van der Waals surface area contributed by atoms with Gasteiger partial charge in [0.15, 0.2) is 0 Å². The minimum absolute atomic E-state index is 1.10. The SMILES string of the molecule is c1ccc(-c2ccc(N(c3ccc(-c4ccccc4)c4ccccc34)c3cccc4c3c3ccccc3n4-c3ccccc3-c3ccccc3)cc2)cc1. The molecule has 10 rings (SSSR count). The Morgan fingerprint density at radius 1 is 0.296 bits per heavy atom. The number of fused-ring (bicyclic) bond motifs is 4. The normalized spacial score (nSPS) is 11.3. The molecule has 54 heavy (non-hydrogen) atoms. The maximum absolute atomic E-state index is 2.47. The van der Waals surface area contributed by atoms with Crippen molar-refractivity contribution in [3.8, 4) is 39.1 Å². The van der Waals surface area contributed by atoms with E-state index in [-0.39, 0.29) is 0 Å². The summed E-state index contributed by atoms with van der Waals surface area (Å²) in [6.07, 6.45) is 0. The third-order valence-electron chi connectivity index (χ3n) is 10.6. The molecule has 0 aliphatic heterocycles. The van der Waals surface area contributed by atoms with Crippen molar-refractivity contribution in [2.75, 3.05) is 4.90 Å². The molecule has 0 aliphatic carbocycles. The zero-order valence-corrected chi connectivity index (χ0v) is 29.7. The molecule has 0 spiro atoms. The first-order valence-corrected chi connectivity index (χ1v) is 18.5. The standard InChI is InChI=1S/C52H36N2/c1-4-17-37(18-5-1)38-31-33-41(34-32-38)53(49-36-35-42(39-19-6-2-7-20-39)44-24-10-11-25-45(44)49)50-29-16-30-51-52(50)46-26-13-15-28-48(46)54(51)47-27-14-12-23-43(47)40-21-8-3-9-22-40/h1-36H. The molecule has 1 heterocycles. The quantitative estimate of drug-likeness (QED) is 0.162. The molecule has 254 valence electrons. The lowest BCUT2D eigenvalue weighted by molar-refractivity contribution is 1.18. The predicted octanol–water partition coefficient (Wildman–Crippen LogP) is 14.4. The third kappa shape index (κ3) is 5.36. The minimum atomic E-state index is 1.10. The predicted molar refractivity (Wildman–Crippen MR) is 229 cm³/mol. The van der Waals surface area contributed by atoms with Gasteiger partial charge in [-0.3, -0.25) is 0 Å². The van der Waals surface area contributed by atoms with Crippen LogP contribution in [0.3, 0.4) is 0 Å². The first kappa shape index (κ1) is 31.6. The van der Waals surface area contributed by atoms with Crippen LogP contribution >= 0.6 is 0 Å². The highest BCUT2D eigenvalue weighted by atomic mass is 15.1. The van der Waals surface area contributed by atoms with Gasteiger partial charge in [-0.05, 0) is 75.7 Å². The van der Waals surface area contributed by atoms with Crippen molar-refractivity contribution in [1.29, 1.82) is 0 Å². The van der Waals surface area contributed by atoms with Crippen LogP contribution in [0.2, 0.25) is 0 Å². The number of hydrogen-bond acceptors (Lipinski definition) is 1. The van der Waals surface area contributed by atoms with Gasteiger partial charge in [0.05, 0.1) is 28.1 Å². The van der Waals surface area contributed by atoms with Crippen molar-refractivity contribution >= 4 is 49.6 Å². The van der Waals surface area contributed by atoms with Crippen LogP contribution in [-0.2, 0) is 0 Å². The Kier molecular flexibility index (Phi) is 7.85. The van der Waals surface area contributed by atoms with Crippen molar-refractivity contribution in [2.24, 2.45) is 0 Å².